The van der Waals surface area contributed by atoms with E-state index in [4.69, 9.17) is 5.11 Å². The highest BCUT2D eigenvalue weighted by Gasteiger charge is 2.28. The van der Waals surface area contributed by atoms with E-state index in [1.165, 1.54) is 0 Å². The number of amides is 2. The standard InChI is InChI=1S/C13H14N2O4/c1-7(3-2-4-10(16)17)9-6-5-8-11(14-9)13(19)15-12(8)18/h5-7H,2-4H2,1H3,(H,16,17)(H,15,18,19). The van der Waals surface area contributed by atoms with Crippen molar-refractivity contribution < 1.29 is 19.5 Å². The molecule has 6 heteroatoms. The van der Waals surface area contributed by atoms with Crippen molar-refractivity contribution in [2.24, 2.45) is 0 Å². The van der Waals surface area contributed by atoms with Crippen LogP contribution in [0.1, 0.15) is 58.6 Å². The monoisotopic (exact) mass is 262 g/mol. The summed E-state index contributed by atoms with van der Waals surface area (Å²) >= 11 is 0. The molecule has 0 spiro atoms. The van der Waals surface area contributed by atoms with Gasteiger partial charge in [0.15, 0.2) is 0 Å². The molecule has 100 valence electrons. The van der Waals surface area contributed by atoms with Gasteiger partial charge in [-0.1, -0.05) is 6.92 Å². The Kier molecular flexibility index (Phi) is 3.59. The van der Waals surface area contributed by atoms with Gasteiger partial charge < -0.3 is 5.11 Å². The fourth-order valence-corrected chi connectivity index (χ4v) is 2.04. The van der Waals surface area contributed by atoms with E-state index in [0.717, 1.165) is 0 Å². The molecule has 6 nitrogen and oxygen atoms in total. The van der Waals surface area contributed by atoms with E-state index in [1.54, 1.807) is 12.1 Å². The number of carboxylic acids is 1. The molecular weight excluding hydrogens is 248 g/mol. The van der Waals surface area contributed by atoms with E-state index >= 15 is 0 Å². The largest absolute Gasteiger partial charge is 0.481 e. The molecule has 1 atom stereocenters. The first-order chi connectivity index (χ1) is 8.99. The van der Waals surface area contributed by atoms with Crippen LogP contribution >= 0.6 is 0 Å². The van der Waals surface area contributed by atoms with Crippen molar-refractivity contribution in [2.75, 3.05) is 0 Å². The van der Waals surface area contributed by atoms with Crippen molar-refractivity contribution >= 4 is 17.8 Å². The quantitative estimate of drug-likeness (QED) is 0.780. The lowest BCUT2D eigenvalue weighted by Gasteiger charge is -2.10. The second kappa shape index (κ2) is 5.17. The third kappa shape index (κ3) is 2.78. The molecule has 1 aliphatic heterocycles. The van der Waals surface area contributed by atoms with Crippen LogP contribution in [-0.2, 0) is 4.79 Å². The number of hydrogen-bond donors (Lipinski definition) is 2. The molecule has 19 heavy (non-hydrogen) atoms. The molecule has 1 unspecified atom stereocenters. The van der Waals surface area contributed by atoms with Crippen LogP contribution in [0.3, 0.4) is 0 Å². The third-order valence-electron chi connectivity index (χ3n) is 3.14. The molecule has 0 saturated heterocycles. The van der Waals surface area contributed by atoms with E-state index in [1.807, 2.05) is 6.92 Å². The molecule has 2 rings (SSSR count). The first-order valence-electron chi connectivity index (χ1n) is 6.07. The second-order valence-electron chi connectivity index (χ2n) is 4.60. The molecule has 1 aliphatic rings. The summed E-state index contributed by atoms with van der Waals surface area (Å²) in [5.74, 6) is -1.66. The SMILES string of the molecule is CC(CCCC(=O)O)c1ccc2c(n1)C(=O)NC2=O. The summed E-state index contributed by atoms with van der Waals surface area (Å²) in [5.41, 5.74) is 1.16. The summed E-state index contributed by atoms with van der Waals surface area (Å²) in [6.45, 7) is 1.92. The van der Waals surface area contributed by atoms with Crippen molar-refractivity contribution in [3.05, 3.63) is 29.1 Å². The Morgan fingerprint density at radius 2 is 2.11 bits per heavy atom. The maximum Gasteiger partial charge on any atom is 0.303 e. The molecule has 0 bridgehead atoms. The molecule has 1 aromatic heterocycles. The van der Waals surface area contributed by atoms with Crippen LogP contribution in [0.2, 0.25) is 0 Å². The van der Waals surface area contributed by atoms with Crippen LogP contribution in [0, 0.1) is 0 Å². The Morgan fingerprint density at radius 3 is 2.79 bits per heavy atom. The predicted molar refractivity (Wildman–Crippen MR) is 65.9 cm³/mol. The molecule has 2 amide bonds. The van der Waals surface area contributed by atoms with Gasteiger partial charge in [-0.15, -0.1) is 0 Å². The molecule has 0 radical (unpaired) electrons. The lowest BCUT2D eigenvalue weighted by molar-refractivity contribution is -0.137. The number of pyridine rings is 1. The smallest absolute Gasteiger partial charge is 0.303 e. The van der Waals surface area contributed by atoms with Crippen molar-refractivity contribution in [1.82, 2.24) is 10.3 Å². The van der Waals surface area contributed by atoms with Gasteiger partial charge >= 0.3 is 5.97 Å². The predicted octanol–water partition coefficient (Wildman–Crippen LogP) is 1.32. The van der Waals surface area contributed by atoms with Crippen LogP contribution in [0.15, 0.2) is 12.1 Å². The maximum atomic E-state index is 11.5. The number of nitrogens with zero attached hydrogens (tertiary/aromatic N) is 1. The Labute approximate surface area is 109 Å². The minimum absolute atomic E-state index is 0.0492. The number of carbonyl (C=O) groups excluding carboxylic acids is 2. The second-order valence-corrected chi connectivity index (χ2v) is 4.60. The fourth-order valence-electron chi connectivity index (χ4n) is 2.04. The van der Waals surface area contributed by atoms with Gasteiger partial charge in [0.1, 0.15) is 5.69 Å². The van der Waals surface area contributed by atoms with Crippen molar-refractivity contribution in [1.29, 1.82) is 0 Å². The number of hydrogen-bond acceptors (Lipinski definition) is 4. The van der Waals surface area contributed by atoms with Gasteiger partial charge in [0.05, 0.1) is 5.56 Å². The van der Waals surface area contributed by atoms with Crippen molar-refractivity contribution in [3.63, 3.8) is 0 Å². The number of rotatable bonds is 5. The minimum Gasteiger partial charge on any atom is -0.481 e. The highest BCUT2D eigenvalue weighted by Crippen LogP contribution is 2.22. The van der Waals surface area contributed by atoms with Gasteiger partial charge in [-0.25, -0.2) is 4.98 Å². The van der Waals surface area contributed by atoms with Gasteiger partial charge in [0.2, 0.25) is 0 Å². The summed E-state index contributed by atoms with van der Waals surface area (Å²) < 4.78 is 0. The van der Waals surface area contributed by atoms with Crippen LogP contribution in [0.5, 0.6) is 0 Å². The summed E-state index contributed by atoms with van der Waals surface area (Å²) in [5, 5.41) is 10.8. The van der Waals surface area contributed by atoms with Gasteiger partial charge in [-0.05, 0) is 30.9 Å². The number of aromatic nitrogens is 1. The van der Waals surface area contributed by atoms with E-state index in [-0.39, 0.29) is 18.0 Å². The Balaban J connectivity index is 2.10. The van der Waals surface area contributed by atoms with Crippen LogP contribution in [0.4, 0.5) is 0 Å². The molecule has 0 aliphatic carbocycles. The van der Waals surface area contributed by atoms with Crippen LogP contribution < -0.4 is 5.32 Å². The van der Waals surface area contributed by atoms with E-state index in [2.05, 4.69) is 10.3 Å². The minimum atomic E-state index is -0.820. The molecule has 2 N–H and O–H groups in total. The third-order valence-corrected chi connectivity index (χ3v) is 3.14. The van der Waals surface area contributed by atoms with Gasteiger partial charge in [0.25, 0.3) is 11.8 Å². The zero-order valence-electron chi connectivity index (χ0n) is 10.5. The highest BCUT2D eigenvalue weighted by molar-refractivity contribution is 6.20. The van der Waals surface area contributed by atoms with Crippen molar-refractivity contribution in [2.45, 2.75) is 32.1 Å². The molecule has 0 aromatic carbocycles. The molecule has 1 aromatic rings. The van der Waals surface area contributed by atoms with E-state index < -0.39 is 17.8 Å². The summed E-state index contributed by atoms with van der Waals surface area (Å²) in [6, 6.07) is 3.30. The normalized spacial score (nSPS) is 15.0. The molecule has 2 heterocycles. The number of aliphatic carboxylic acids is 1. The number of carboxylic acid groups (broad SMARTS) is 1. The lowest BCUT2D eigenvalue weighted by atomic mass is 9.99. The Hall–Kier alpha value is -2.24. The summed E-state index contributed by atoms with van der Waals surface area (Å²) in [6.07, 6.45) is 1.35. The fraction of sp³-hybridized carbons (Fsp3) is 0.385. The number of imide groups is 1. The maximum absolute atomic E-state index is 11.5. The van der Waals surface area contributed by atoms with Gasteiger partial charge in [-0.2, -0.15) is 0 Å². The number of carbonyl (C=O) groups is 3. The van der Waals surface area contributed by atoms with Gasteiger partial charge in [-0.3, -0.25) is 19.7 Å². The average molecular weight is 262 g/mol. The van der Waals surface area contributed by atoms with Crippen LogP contribution in [0.25, 0.3) is 0 Å². The average Bonchev–Trinajstić information content (AvgIpc) is 2.64. The Morgan fingerprint density at radius 1 is 1.37 bits per heavy atom. The first kappa shape index (κ1) is 13.2. The van der Waals surface area contributed by atoms with E-state index in [0.29, 0.717) is 24.1 Å². The molecule has 0 fully saturated rings. The summed E-state index contributed by atoms with van der Waals surface area (Å²) in [4.78, 5) is 37.5. The van der Waals surface area contributed by atoms with E-state index in [9.17, 15) is 14.4 Å². The zero-order chi connectivity index (χ0) is 14.0. The van der Waals surface area contributed by atoms with Gasteiger partial charge in [0, 0.05) is 12.1 Å². The van der Waals surface area contributed by atoms with Crippen molar-refractivity contribution in [3.8, 4) is 0 Å². The molecule has 0 saturated carbocycles. The zero-order valence-corrected chi connectivity index (χ0v) is 10.5. The molecular formula is C13H14N2O4. The first-order valence-corrected chi connectivity index (χ1v) is 6.07. The number of nitrogens with one attached hydrogen (secondary N) is 1. The lowest BCUT2D eigenvalue weighted by Crippen LogP contribution is -2.20. The summed E-state index contributed by atoms with van der Waals surface area (Å²) in [7, 11) is 0. The Bertz CT molecular complexity index is 554. The number of fused-ring (bicyclic) bond motifs is 1. The van der Waals surface area contributed by atoms with Crippen LogP contribution in [-0.4, -0.2) is 27.9 Å². The topological polar surface area (TPSA) is 96.4 Å². The highest BCUT2D eigenvalue weighted by atomic mass is 16.4.